The van der Waals surface area contributed by atoms with Crippen LogP contribution in [0.25, 0.3) is 0 Å². The maximum Gasteiger partial charge on any atom is 0.191 e. The molecule has 6 heteroatoms. The van der Waals surface area contributed by atoms with Crippen LogP contribution >= 0.6 is 0 Å². The van der Waals surface area contributed by atoms with Crippen LogP contribution in [0.4, 0.5) is 5.82 Å². The standard InChI is InChI=1S/C22H38N6/c1-18(2)15-22(8-6-9-22)17-26-21(23-3)25-16-19-7-5-10-24-20(19)28-13-11-27(4)12-14-28/h5,7,10,18H,6,8-9,11-17H2,1-4H3,(H2,23,25,26). The highest BCUT2D eigenvalue weighted by Crippen LogP contribution is 2.45. The van der Waals surface area contributed by atoms with Crippen LogP contribution in [-0.2, 0) is 6.54 Å². The predicted octanol–water partition coefficient (Wildman–Crippen LogP) is 2.71. The van der Waals surface area contributed by atoms with Crippen molar-refractivity contribution in [3.05, 3.63) is 23.9 Å². The zero-order valence-electron chi connectivity index (χ0n) is 18.2. The van der Waals surface area contributed by atoms with E-state index in [2.05, 4.69) is 57.4 Å². The number of piperazine rings is 1. The topological polar surface area (TPSA) is 55.8 Å². The first kappa shape index (κ1) is 20.9. The highest BCUT2D eigenvalue weighted by molar-refractivity contribution is 5.79. The first-order valence-corrected chi connectivity index (χ1v) is 10.8. The molecular weight excluding hydrogens is 348 g/mol. The van der Waals surface area contributed by atoms with Crippen molar-refractivity contribution in [3.63, 3.8) is 0 Å². The summed E-state index contributed by atoms with van der Waals surface area (Å²) in [5.74, 6) is 2.75. The van der Waals surface area contributed by atoms with Gasteiger partial charge in [-0.15, -0.1) is 0 Å². The van der Waals surface area contributed by atoms with Crippen LogP contribution in [0.2, 0.25) is 0 Å². The Kier molecular flexibility index (Phi) is 7.16. The van der Waals surface area contributed by atoms with Gasteiger partial charge in [0, 0.05) is 58.1 Å². The molecule has 6 nitrogen and oxygen atoms in total. The Morgan fingerprint density at radius 2 is 1.96 bits per heavy atom. The van der Waals surface area contributed by atoms with Crippen LogP contribution < -0.4 is 15.5 Å². The second kappa shape index (κ2) is 9.59. The van der Waals surface area contributed by atoms with Crippen LogP contribution in [0.15, 0.2) is 23.3 Å². The molecule has 2 aliphatic rings. The smallest absolute Gasteiger partial charge is 0.191 e. The molecule has 1 saturated carbocycles. The molecule has 28 heavy (non-hydrogen) atoms. The molecule has 0 unspecified atom stereocenters. The third kappa shape index (κ3) is 5.37. The first-order valence-electron chi connectivity index (χ1n) is 10.8. The van der Waals surface area contributed by atoms with Gasteiger partial charge in [0.1, 0.15) is 5.82 Å². The van der Waals surface area contributed by atoms with Crippen molar-refractivity contribution in [3.8, 4) is 0 Å². The average Bonchev–Trinajstić information content (AvgIpc) is 2.66. The summed E-state index contributed by atoms with van der Waals surface area (Å²) >= 11 is 0. The number of guanidine groups is 1. The summed E-state index contributed by atoms with van der Waals surface area (Å²) in [6.45, 7) is 10.7. The Labute approximate surface area is 170 Å². The Bertz CT molecular complexity index is 644. The Morgan fingerprint density at radius 1 is 1.21 bits per heavy atom. The minimum atomic E-state index is 0.463. The van der Waals surface area contributed by atoms with Gasteiger partial charge < -0.3 is 20.4 Å². The fraction of sp³-hybridized carbons (Fsp3) is 0.727. The van der Waals surface area contributed by atoms with Gasteiger partial charge >= 0.3 is 0 Å². The lowest BCUT2D eigenvalue weighted by Crippen LogP contribution is -2.47. The molecule has 0 radical (unpaired) electrons. The van der Waals surface area contributed by atoms with Crippen LogP contribution in [0.3, 0.4) is 0 Å². The van der Waals surface area contributed by atoms with E-state index in [9.17, 15) is 0 Å². The van der Waals surface area contributed by atoms with E-state index in [4.69, 9.17) is 0 Å². The Morgan fingerprint density at radius 3 is 2.57 bits per heavy atom. The van der Waals surface area contributed by atoms with E-state index in [-0.39, 0.29) is 0 Å². The molecule has 3 rings (SSSR count). The zero-order chi connectivity index (χ0) is 20.0. The quantitative estimate of drug-likeness (QED) is 0.557. The second-order valence-electron chi connectivity index (χ2n) is 9.01. The third-order valence-electron chi connectivity index (χ3n) is 6.23. The van der Waals surface area contributed by atoms with Gasteiger partial charge in [0.2, 0.25) is 0 Å². The fourth-order valence-corrected chi connectivity index (χ4v) is 4.54. The molecule has 1 aliphatic heterocycles. The van der Waals surface area contributed by atoms with Crippen LogP contribution in [0.1, 0.15) is 45.1 Å². The molecule has 2 fully saturated rings. The van der Waals surface area contributed by atoms with Gasteiger partial charge in [-0.05, 0) is 43.7 Å². The summed E-state index contributed by atoms with van der Waals surface area (Å²) in [6.07, 6.45) is 7.24. The summed E-state index contributed by atoms with van der Waals surface area (Å²) in [5, 5.41) is 7.10. The molecule has 1 aliphatic carbocycles. The zero-order valence-corrected chi connectivity index (χ0v) is 18.2. The number of aromatic nitrogens is 1. The maximum absolute atomic E-state index is 4.68. The van der Waals surface area contributed by atoms with Crippen molar-refractivity contribution in [2.75, 3.05) is 51.7 Å². The number of hydrogen-bond acceptors (Lipinski definition) is 4. The molecular formula is C22H38N6. The lowest BCUT2D eigenvalue weighted by atomic mass is 9.64. The van der Waals surface area contributed by atoms with Crippen molar-refractivity contribution in [2.24, 2.45) is 16.3 Å². The number of rotatable bonds is 7. The molecule has 0 bridgehead atoms. The largest absolute Gasteiger partial charge is 0.356 e. The minimum Gasteiger partial charge on any atom is -0.356 e. The summed E-state index contributed by atoms with van der Waals surface area (Å²) in [7, 11) is 4.04. The molecule has 2 heterocycles. The van der Waals surface area contributed by atoms with E-state index in [1.54, 1.807) is 0 Å². The van der Waals surface area contributed by atoms with E-state index < -0.39 is 0 Å². The van der Waals surface area contributed by atoms with E-state index in [0.29, 0.717) is 5.41 Å². The SMILES string of the molecule is CN=C(NCc1cccnc1N1CCN(C)CC1)NCC1(CC(C)C)CCC1. The van der Waals surface area contributed by atoms with E-state index in [0.717, 1.165) is 57.0 Å². The molecule has 1 aromatic heterocycles. The number of nitrogens with one attached hydrogen (secondary N) is 2. The number of anilines is 1. The van der Waals surface area contributed by atoms with Crippen LogP contribution in [0, 0.1) is 11.3 Å². The van der Waals surface area contributed by atoms with Gasteiger partial charge in [-0.3, -0.25) is 4.99 Å². The monoisotopic (exact) mass is 386 g/mol. The first-order chi connectivity index (χ1) is 13.5. The Balaban J connectivity index is 1.55. The van der Waals surface area contributed by atoms with Gasteiger partial charge in [-0.2, -0.15) is 0 Å². The van der Waals surface area contributed by atoms with Gasteiger partial charge in [0.05, 0.1) is 0 Å². The van der Waals surface area contributed by atoms with Crippen molar-refractivity contribution in [1.82, 2.24) is 20.5 Å². The molecule has 1 saturated heterocycles. The second-order valence-corrected chi connectivity index (χ2v) is 9.01. The molecule has 0 spiro atoms. The molecule has 1 aromatic rings. The van der Waals surface area contributed by atoms with Crippen molar-refractivity contribution in [2.45, 2.75) is 46.1 Å². The molecule has 2 N–H and O–H groups in total. The number of nitrogens with zero attached hydrogens (tertiary/aromatic N) is 4. The molecule has 0 atom stereocenters. The maximum atomic E-state index is 4.68. The van der Waals surface area contributed by atoms with Crippen molar-refractivity contribution in [1.29, 1.82) is 0 Å². The normalized spacial score (nSPS) is 20.2. The highest BCUT2D eigenvalue weighted by Gasteiger charge is 2.37. The molecule has 0 amide bonds. The lowest BCUT2D eigenvalue weighted by Gasteiger charge is -2.43. The third-order valence-corrected chi connectivity index (χ3v) is 6.23. The van der Waals surface area contributed by atoms with Crippen molar-refractivity contribution >= 4 is 11.8 Å². The summed E-state index contributed by atoms with van der Waals surface area (Å²) in [5.41, 5.74) is 1.70. The van der Waals surface area contributed by atoms with E-state index in [1.165, 1.54) is 31.2 Å². The predicted molar refractivity (Wildman–Crippen MR) is 118 cm³/mol. The lowest BCUT2D eigenvalue weighted by molar-refractivity contribution is 0.104. The summed E-state index contributed by atoms with van der Waals surface area (Å²) in [4.78, 5) is 13.9. The van der Waals surface area contributed by atoms with Crippen LogP contribution in [0.5, 0.6) is 0 Å². The van der Waals surface area contributed by atoms with Crippen LogP contribution in [-0.4, -0.2) is 62.7 Å². The number of likely N-dealkylation sites (N-methyl/N-ethyl adjacent to an activating group) is 1. The Hall–Kier alpha value is -1.82. The molecule has 156 valence electrons. The highest BCUT2D eigenvalue weighted by atomic mass is 15.3. The van der Waals surface area contributed by atoms with Crippen molar-refractivity contribution < 1.29 is 0 Å². The number of pyridine rings is 1. The summed E-state index contributed by atoms with van der Waals surface area (Å²) in [6, 6.07) is 4.20. The van der Waals surface area contributed by atoms with Gasteiger partial charge in [-0.25, -0.2) is 4.98 Å². The van der Waals surface area contributed by atoms with Gasteiger partial charge in [-0.1, -0.05) is 26.3 Å². The van der Waals surface area contributed by atoms with E-state index in [1.807, 2.05) is 19.3 Å². The summed E-state index contributed by atoms with van der Waals surface area (Å²) < 4.78 is 0. The minimum absolute atomic E-state index is 0.463. The van der Waals surface area contributed by atoms with Gasteiger partial charge in [0.15, 0.2) is 5.96 Å². The molecule has 0 aromatic carbocycles. The number of aliphatic imine (C=N–C) groups is 1. The van der Waals surface area contributed by atoms with Gasteiger partial charge in [0.25, 0.3) is 0 Å². The fourth-order valence-electron chi connectivity index (χ4n) is 4.54. The number of hydrogen-bond donors (Lipinski definition) is 2. The van der Waals surface area contributed by atoms with E-state index >= 15 is 0 Å². The average molecular weight is 387 g/mol.